The Hall–Kier alpha value is -3.39. The van der Waals surface area contributed by atoms with Crippen LogP contribution >= 0.6 is 11.3 Å². The fourth-order valence-corrected chi connectivity index (χ4v) is 4.27. The quantitative estimate of drug-likeness (QED) is 0.443. The van der Waals surface area contributed by atoms with Gasteiger partial charge >= 0.3 is 0 Å². The Morgan fingerprint density at radius 2 is 2.06 bits per heavy atom. The van der Waals surface area contributed by atoms with Crippen molar-refractivity contribution in [2.45, 2.75) is 25.2 Å². The molecule has 7 nitrogen and oxygen atoms in total. The highest BCUT2D eigenvalue weighted by atomic mass is 32.1. The number of amides is 1. The maximum Gasteiger partial charge on any atom is 0.257 e. The van der Waals surface area contributed by atoms with Crippen molar-refractivity contribution in [3.05, 3.63) is 77.3 Å². The molecule has 1 aliphatic rings. The van der Waals surface area contributed by atoms with E-state index in [1.54, 1.807) is 39.5 Å². The van der Waals surface area contributed by atoms with E-state index in [-0.39, 0.29) is 5.91 Å². The van der Waals surface area contributed by atoms with Crippen molar-refractivity contribution in [2.75, 3.05) is 13.6 Å². The molecule has 0 unspecified atom stereocenters. The second-order valence-corrected chi connectivity index (χ2v) is 8.59. The number of pyridine rings is 1. The van der Waals surface area contributed by atoms with Crippen molar-refractivity contribution >= 4 is 17.2 Å². The van der Waals surface area contributed by atoms with Gasteiger partial charge in [0.15, 0.2) is 0 Å². The standard InChI is InChI=1S/C23H22N6OS/c1-28(13-10-17-5-2-3-11-24-17)22(30)18-15-26-29(21(18)16-7-8-16)23-25-12-9-19(27-23)20-6-4-14-31-20/h2-6,9,11-12,14-16H,7-8,10,13H2,1H3. The molecule has 0 aromatic carbocycles. The van der Waals surface area contributed by atoms with Crippen LogP contribution in [0.2, 0.25) is 0 Å². The van der Waals surface area contributed by atoms with E-state index in [0.29, 0.717) is 30.4 Å². The molecule has 5 rings (SSSR count). The lowest BCUT2D eigenvalue weighted by Gasteiger charge is -2.17. The van der Waals surface area contributed by atoms with Crippen LogP contribution in [0.5, 0.6) is 0 Å². The third kappa shape index (κ3) is 4.11. The maximum atomic E-state index is 13.2. The fourth-order valence-electron chi connectivity index (χ4n) is 3.58. The average Bonchev–Trinajstić information content (AvgIpc) is 3.32. The van der Waals surface area contributed by atoms with Crippen molar-refractivity contribution in [1.29, 1.82) is 0 Å². The lowest BCUT2D eigenvalue weighted by atomic mass is 10.1. The van der Waals surface area contributed by atoms with E-state index in [2.05, 4.69) is 15.1 Å². The third-order valence-corrected chi connectivity index (χ3v) is 6.28. The van der Waals surface area contributed by atoms with E-state index in [1.807, 2.05) is 48.8 Å². The van der Waals surface area contributed by atoms with Gasteiger partial charge in [-0.2, -0.15) is 5.10 Å². The Bertz CT molecular complexity index is 1180. The second kappa shape index (κ2) is 8.39. The van der Waals surface area contributed by atoms with E-state index < -0.39 is 0 Å². The number of hydrogen-bond acceptors (Lipinski definition) is 6. The van der Waals surface area contributed by atoms with Crippen LogP contribution < -0.4 is 0 Å². The monoisotopic (exact) mass is 430 g/mol. The minimum absolute atomic E-state index is 0.0292. The first kappa shape index (κ1) is 19.6. The van der Waals surface area contributed by atoms with Crippen molar-refractivity contribution in [2.24, 2.45) is 0 Å². The highest BCUT2D eigenvalue weighted by Crippen LogP contribution is 2.42. The van der Waals surface area contributed by atoms with Crippen LogP contribution in [0.3, 0.4) is 0 Å². The summed E-state index contributed by atoms with van der Waals surface area (Å²) in [6.45, 7) is 0.593. The number of hydrogen-bond donors (Lipinski definition) is 0. The number of likely N-dealkylation sites (N-methyl/N-ethyl adjacent to an activating group) is 1. The molecule has 4 aromatic heterocycles. The minimum Gasteiger partial charge on any atom is -0.341 e. The molecule has 0 aliphatic heterocycles. The predicted molar refractivity (Wildman–Crippen MR) is 119 cm³/mol. The van der Waals surface area contributed by atoms with Crippen LogP contribution in [-0.2, 0) is 6.42 Å². The molecule has 0 spiro atoms. The van der Waals surface area contributed by atoms with Gasteiger partial charge in [-0.3, -0.25) is 9.78 Å². The van der Waals surface area contributed by atoms with Crippen LogP contribution in [0.25, 0.3) is 16.5 Å². The zero-order valence-corrected chi connectivity index (χ0v) is 18.0. The summed E-state index contributed by atoms with van der Waals surface area (Å²) < 4.78 is 1.74. The molecule has 1 saturated carbocycles. The molecule has 0 bridgehead atoms. The maximum absolute atomic E-state index is 13.2. The molecule has 0 N–H and O–H groups in total. The van der Waals surface area contributed by atoms with Gasteiger partial charge in [-0.25, -0.2) is 14.6 Å². The van der Waals surface area contributed by atoms with Gasteiger partial charge in [0.05, 0.1) is 28.0 Å². The molecule has 31 heavy (non-hydrogen) atoms. The van der Waals surface area contributed by atoms with Crippen LogP contribution in [-0.4, -0.2) is 49.1 Å². The van der Waals surface area contributed by atoms with Gasteiger partial charge in [0.1, 0.15) is 0 Å². The zero-order chi connectivity index (χ0) is 21.2. The topological polar surface area (TPSA) is 76.8 Å². The number of carbonyl (C=O) groups excluding carboxylic acids is 1. The summed E-state index contributed by atoms with van der Waals surface area (Å²) in [4.78, 5) is 29.6. The van der Waals surface area contributed by atoms with Gasteiger partial charge in [-0.15, -0.1) is 11.3 Å². The minimum atomic E-state index is -0.0292. The largest absolute Gasteiger partial charge is 0.341 e. The van der Waals surface area contributed by atoms with Gasteiger partial charge in [0, 0.05) is 44.0 Å². The van der Waals surface area contributed by atoms with E-state index in [4.69, 9.17) is 4.98 Å². The number of thiophene rings is 1. The molecule has 0 atom stereocenters. The Labute approximate surface area is 184 Å². The first-order chi connectivity index (χ1) is 15.2. The van der Waals surface area contributed by atoms with Crippen LogP contribution in [0.15, 0.2) is 60.4 Å². The zero-order valence-electron chi connectivity index (χ0n) is 17.2. The van der Waals surface area contributed by atoms with Gasteiger partial charge in [-0.05, 0) is 42.5 Å². The molecule has 8 heteroatoms. The SMILES string of the molecule is CN(CCc1ccccn1)C(=O)c1cnn(-c2nccc(-c3cccs3)n2)c1C1CC1. The predicted octanol–water partition coefficient (Wildman–Crippen LogP) is 3.98. The summed E-state index contributed by atoms with van der Waals surface area (Å²) in [5.74, 6) is 0.793. The van der Waals surface area contributed by atoms with Gasteiger partial charge < -0.3 is 4.90 Å². The van der Waals surface area contributed by atoms with Crippen LogP contribution in [0, 0.1) is 0 Å². The highest BCUT2D eigenvalue weighted by molar-refractivity contribution is 7.13. The normalized spacial score (nSPS) is 13.3. The first-order valence-electron chi connectivity index (χ1n) is 10.3. The molecule has 0 saturated heterocycles. The lowest BCUT2D eigenvalue weighted by molar-refractivity contribution is 0.0795. The molecule has 156 valence electrons. The number of aromatic nitrogens is 5. The smallest absolute Gasteiger partial charge is 0.257 e. The fraction of sp³-hybridized carbons (Fsp3) is 0.261. The molecule has 1 fully saturated rings. The van der Waals surface area contributed by atoms with Crippen LogP contribution in [0.1, 0.15) is 40.5 Å². The van der Waals surface area contributed by atoms with E-state index in [0.717, 1.165) is 34.8 Å². The van der Waals surface area contributed by atoms with Crippen molar-refractivity contribution < 1.29 is 4.79 Å². The summed E-state index contributed by atoms with van der Waals surface area (Å²) in [6, 6.07) is 11.8. The van der Waals surface area contributed by atoms with E-state index in [1.165, 1.54) is 0 Å². The molecular weight excluding hydrogens is 408 g/mol. The molecule has 0 radical (unpaired) electrons. The summed E-state index contributed by atoms with van der Waals surface area (Å²) in [6.07, 6.45) is 7.99. The Kier molecular flexibility index (Phi) is 5.30. The van der Waals surface area contributed by atoms with Gasteiger partial charge in [0.2, 0.25) is 0 Å². The second-order valence-electron chi connectivity index (χ2n) is 7.65. The highest BCUT2D eigenvalue weighted by Gasteiger charge is 2.34. The third-order valence-electron chi connectivity index (χ3n) is 5.38. The van der Waals surface area contributed by atoms with Crippen molar-refractivity contribution in [3.63, 3.8) is 0 Å². The number of rotatable bonds is 7. The lowest BCUT2D eigenvalue weighted by Crippen LogP contribution is -2.29. The molecule has 1 aliphatic carbocycles. The van der Waals surface area contributed by atoms with Crippen LogP contribution in [0.4, 0.5) is 0 Å². The summed E-state index contributed by atoms with van der Waals surface area (Å²) in [5.41, 5.74) is 3.38. The molecule has 1 amide bonds. The number of carbonyl (C=O) groups is 1. The van der Waals surface area contributed by atoms with E-state index >= 15 is 0 Å². The van der Waals surface area contributed by atoms with E-state index in [9.17, 15) is 4.79 Å². The Morgan fingerprint density at radius 3 is 2.81 bits per heavy atom. The molecule has 4 aromatic rings. The Balaban J connectivity index is 1.41. The van der Waals surface area contributed by atoms with Crippen molar-refractivity contribution in [1.82, 2.24) is 29.6 Å². The Morgan fingerprint density at radius 1 is 1.16 bits per heavy atom. The van der Waals surface area contributed by atoms with Crippen molar-refractivity contribution in [3.8, 4) is 16.5 Å². The van der Waals surface area contributed by atoms with Gasteiger partial charge in [-0.1, -0.05) is 12.1 Å². The summed E-state index contributed by atoms with van der Waals surface area (Å²) in [7, 11) is 1.83. The molecule has 4 heterocycles. The van der Waals surface area contributed by atoms with Gasteiger partial charge in [0.25, 0.3) is 11.9 Å². The summed E-state index contributed by atoms with van der Waals surface area (Å²) >= 11 is 1.63. The first-order valence-corrected chi connectivity index (χ1v) is 11.2. The number of nitrogens with zero attached hydrogens (tertiary/aromatic N) is 6. The molecular formula is C23H22N6OS. The average molecular weight is 431 g/mol. The summed E-state index contributed by atoms with van der Waals surface area (Å²) in [5, 5.41) is 6.55.